The zero-order valence-electron chi connectivity index (χ0n) is 18.1. The summed E-state index contributed by atoms with van der Waals surface area (Å²) in [4.78, 5) is 13.1. The van der Waals surface area contributed by atoms with Crippen LogP contribution in [0.3, 0.4) is 0 Å². The molecule has 0 saturated carbocycles. The Labute approximate surface area is 193 Å². The number of carbonyl (C=O) groups is 1. The summed E-state index contributed by atoms with van der Waals surface area (Å²) in [6.07, 6.45) is 0. The number of amides is 1. The third kappa shape index (κ3) is 5.23. The van der Waals surface area contributed by atoms with Crippen LogP contribution < -0.4 is 14.4 Å². The van der Waals surface area contributed by atoms with Gasteiger partial charge in [-0.15, -0.1) is 0 Å². The maximum absolute atomic E-state index is 13.5. The van der Waals surface area contributed by atoms with Gasteiger partial charge in [0.25, 0.3) is 10.0 Å². The Kier molecular flexibility index (Phi) is 7.43. The Hall–Kier alpha value is -3.03. The van der Waals surface area contributed by atoms with E-state index in [-0.39, 0.29) is 17.5 Å². The summed E-state index contributed by atoms with van der Waals surface area (Å²) >= 11 is 6.06. The molecule has 0 heterocycles. The predicted octanol–water partition coefficient (Wildman–Crippen LogP) is 4.73. The Morgan fingerprint density at radius 2 is 1.72 bits per heavy atom. The molecule has 3 rings (SSSR count). The molecule has 0 saturated heterocycles. The van der Waals surface area contributed by atoms with Crippen molar-refractivity contribution in [3.8, 4) is 5.75 Å². The first-order valence-corrected chi connectivity index (χ1v) is 11.8. The number of hydrogen-bond acceptors (Lipinski definition) is 4. The van der Waals surface area contributed by atoms with Crippen molar-refractivity contribution in [1.82, 2.24) is 5.32 Å². The first-order chi connectivity index (χ1) is 15.2. The van der Waals surface area contributed by atoms with Gasteiger partial charge in [-0.05, 0) is 55.8 Å². The minimum atomic E-state index is -3.99. The molecule has 0 fully saturated rings. The largest absolute Gasteiger partial charge is 0.496 e. The van der Waals surface area contributed by atoms with Gasteiger partial charge in [0.05, 0.1) is 23.7 Å². The van der Waals surface area contributed by atoms with Gasteiger partial charge in [-0.2, -0.15) is 0 Å². The van der Waals surface area contributed by atoms with Crippen LogP contribution in [-0.2, 0) is 14.8 Å². The number of ether oxygens (including phenoxy) is 1. The summed E-state index contributed by atoms with van der Waals surface area (Å²) in [5, 5.41) is 3.36. The highest BCUT2D eigenvalue weighted by Crippen LogP contribution is 2.29. The number of benzene rings is 3. The van der Waals surface area contributed by atoms with Gasteiger partial charge in [0.2, 0.25) is 5.91 Å². The average Bonchev–Trinajstić information content (AvgIpc) is 2.78. The van der Waals surface area contributed by atoms with E-state index in [2.05, 4.69) is 5.32 Å². The van der Waals surface area contributed by atoms with Gasteiger partial charge >= 0.3 is 0 Å². The molecule has 0 aliphatic carbocycles. The predicted molar refractivity (Wildman–Crippen MR) is 127 cm³/mol. The fourth-order valence-corrected chi connectivity index (χ4v) is 5.17. The van der Waals surface area contributed by atoms with Crippen molar-refractivity contribution in [2.45, 2.75) is 24.8 Å². The normalized spacial score (nSPS) is 12.1. The lowest BCUT2D eigenvalue weighted by Gasteiger charge is -2.26. The lowest BCUT2D eigenvalue weighted by molar-refractivity contribution is -0.120. The molecule has 0 radical (unpaired) electrons. The molecule has 0 bridgehead atoms. The Morgan fingerprint density at radius 3 is 2.38 bits per heavy atom. The van der Waals surface area contributed by atoms with Crippen molar-refractivity contribution < 1.29 is 17.9 Å². The van der Waals surface area contributed by atoms with E-state index in [1.165, 1.54) is 12.1 Å². The molecule has 0 aromatic heterocycles. The van der Waals surface area contributed by atoms with Gasteiger partial charge in [-0.1, -0.05) is 48.0 Å². The highest BCUT2D eigenvalue weighted by Gasteiger charge is 2.29. The number of halogens is 1. The Balaban J connectivity index is 1.93. The van der Waals surface area contributed by atoms with E-state index < -0.39 is 15.9 Å². The lowest BCUT2D eigenvalue weighted by Crippen LogP contribution is -2.42. The lowest BCUT2D eigenvalue weighted by atomic mass is 10.1. The number of sulfonamides is 1. The summed E-state index contributed by atoms with van der Waals surface area (Å²) < 4.78 is 33.4. The van der Waals surface area contributed by atoms with Crippen LogP contribution in [0, 0.1) is 6.92 Å². The van der Waals surface area contributed by atoms with Crippen LogP contribution in [0.1, 0.15) is 24.1 Å². The third-order valence-corrected chi connectivity index (χ3v) is 7.04. The first kappa shape index (κ1) is 23.6. The zero-order valence-corrected chi connectivity index (χ0v) is 19.7. The molecular weight excluding hydrogens is 448 g/mol. The second kappa shape index (κ2) is 10.1. The number of rotatable bonds is 8. The van der Waals surface area contributed by atoms with Gasteiger partial charge in [-0.3, -0.25) is 9.10 Å². The minimum Gasteiger partial charge on any atom is -0.496 e. The second-order valence-electron chi connectivity index (χ2n) is 7.29. The average molecular weight is 473 g/mol. The SMILES string of the molecule is COc1ccccc1C(C)NC(=O)CN(c1ccc(Cl)cc1C)S(=O)(=O)c1ccccc1. The highest BCUT2D eigenvalue weighted by atomic mass is 35.5. The zero-order chi connectivity index (χ0) is 23.3. The van der Waals surface area contributed by atoms with Crippen molar-refractivity contribution in [3.63, 3.8) is 0 Å². The minimum absolute atomic E-state index is 0.0972. The van der Waals surface area contributed by atoms with Gasteiger partial charge in [0, 0.05) is 10.6 Å². The summed E-state index contributed by atoms with van der Waals surface area (Å²) in [6, 6.07) is 19.9. The topological polar surface area (TPSA) is 75.7 Å². The molecule has 3 aromatic rings. The number of aryl methyl sites for hydroxylation is 1. The fraction of sp³-hybridized carbons (Fsp3) is 0.208. The number of nitrogens with one attached hydrogen (secondary N) is 1. The summed E-state index contributed by atoms with van der Waals surface area (Å²) in [5.74, 6) is 0.194. The molecule has 0 aliphatic rings. The van der Waals surface area contributed by atoms with E-state index in [0.29, 0.717) is 22.0 Å². The molecule has 1 atom stereocenters. The molecule has 1 unspecified atom stereocenters. The van der Waals surface area contributed by atoms with Crippen LogP contribution in [0.5, 0.6) is 5.75 Å². The van der Waals surface area contributed by atoms with E-state index in [1.54, 1.807) is 56.5 Å². The number of hydrogen-bond donors (Lipinski definition) is 1. The quantitative estimate of drug-likeness (QED) is 0.514. The van der Waals surface area contributed by atoms with E-state index in [9.17, 15) is 13.2 Å². The maximum Gasteiger partial charge on any atom is 0.264 e. The third-order valence-electron chi connectivity index (χ3n) is 5.03. The molecule has 0 aliphatic heterocycles. The van der Waals surface area contributed by atoms with Gasteiger partial charge in [0.15, 0.2) is 0 Å². The van der Waals surface area contributed by atoms with Gasteiger partial charge in [0.1, 0.15) is 12.3 Å². The Bertz CT molecular complexity index is 1200. The number of anilines is 1. The smallest absolute Gasteiger partial charge is 0.264 e. The molecule has 1 N–H and O–H groups in total. The van der Waals surface area contributed by atoms with E-state index in [0.717, 1.165) is 9.87 Å². The molecule has 8 heteroatoms. The van der Waals surface area contributed by atoms with Crippen LogP contribution >= 0.6 is 11.6 Å². The summed E-state index contributed by atoms with van der Waals surface area (Å²) in [7, 11) is -2.43. The van der Waals surface area contributed by atoms with E-state index in [1.807, 2.05) is 25.1 Å². The second-order valence-corrected chi connectivity index (χ2v) is 9.59. The molecular formula is C24H25ClN2O4S. The van der Waals surface area contributed by atoms with E-state index in [4.69, 9.17) is 16.3 Å². The summed E-state index contributed by atoms with van der Waals surface area (Å²) in [6.45, 7) is 3.18. The van der Waals surface area contributed by atoms with Crippen LogP contribution in [0.15, 0.2) is 77.7 Å². The Morgan fingerprint density at radius 1 is 1.06 bits per heavy atom. The number of nitrogens with zero attached hydrogens (tertiary/aromatic N) is 1. The molecule has 32 heavy (non-hydrogen) atoms. The van der Waals surface area contributed by atoms with Crippen LogP contribution in [0.4, 0.5) is 5.69 Å². The standard InChI is InChI=1S/C24H25ClN2O4S/c1-17-15-19(25)13-14-22(17)27(32(29,30)20-9-5-4-6-10-20)16-24(28)26-18(2)21-11-7-8-12-23(21)31-3/h4-15,18H,16H2,1-3H3,(H,26,28). The number of methoxy groups -OCH3 is 1. The van der Waals surface area contributed by atoms with Gasteiger partial charge < -0.3 is 10.1 Å². The monoisotopic (exact) mass is 472 g/mol. The van der Waals surface area contributed by atoms with Crippen molar-refractivity contribution >= 4 is 33.2 Å². The van der Waals surface area contributed by atoms with Crippen molar-refractivity contribution in [3.05, 3.63) is 88.9 Å². The van der Waals surface area contributed by atoms with Crippen LogP contribution in [0.2, 0.25) is 5.02 Å². The molecule has 0 spiro atoms. The van der Waals surface area contributed by atoms with Gasteiger partial charge in [-0.25, -0.2) is 8.42 Å². The van der Waals surface area contributed by atoms with Crippen molar-refractivity contribution in [1.29, 1.82) is 0 Å². The van der Waals surface area contributed by atoms with E-state index >= 15 is 0 Å². The molecule has 1 amide bonds. The number of para-hydroxylation sites is 1. The number of carbonyl (C=O) groups excluding carboxylic acids is 1. The molecule has 3 aromatic carbocycles. The highest BCUT2D eigenvalue weighted by molar-refractivity contribution is 7.92. The van der Waals surface area contributed by atoms with Crippen molar-refractivity contribution in [2.75, 3.05) is 18.0 Å². The van der Waals surface area contributed by atoms with Crippen LogP contribution in [-0.4, -0.2) is 28.0 Å². The first-order valence-electron chi connectivity index (χ1n) is 10.00. The van der Waals surface area contributed by atoms with Crippen molar-refractivity contribution in [2.24, 2.45) is 0 Å². The molecule has 6 nitrogen and oxygen atoms in total. The van der Waals surface area contributed by atoms with Crippen LogP contribution in [0.25, 0.3) is 0 Å². The molecule has 168 valence electrons. The fourth-order valence-electron chi connectivity index (χ4n) is 3.44. The maximum atomic E-state index is 13.5. The summed E-state index contributed by atoms with van der Waals surface area (Å²) in [5.41, 5.74) is 1.82.